The molecule has 0 aromatic rings. The van der Waals surface area contributed by atoms with Crippen molar-refractivity contribution in [3.63, 3.8) is 0 Å². The maximum Gasteiger partial charge on any atom is 0.161 e. The second-order valence-corrected chi connectivity index (χ2v) is 0.485. The van der Waals surface area contributed by atoms with Gasteiger partial charge in [0.25, 0.3) is 0 Å². The van der Waals surface area contributed by atoms with E-state index in [2.05, 4.69) is 6.92 Å². The molecule has 0 aliphatic heterocycles. The topological polar surface area (TPSA) is 74.6 Å². The molecule has 4 nitrogen and oxygen atoms in total. The van der Waals surface area contributed by atoms with Crippen molar-refractivity contribution in [3.05, 3.63) is 6.92 Å². The summed E-state index contributed by atoms with van der Waals surface area (Å²) in [5.74, 6) is -1.08. The number of carboxylic acid groups (broad SMARTS) is 1. The standard InChI is InChI=1S/C2H3O2.CHO2.Pa/c1-2(3)4;2-1-3;/h1H2,(H,3,4);(H,2,3);/q2*-1;. The average Bonchev–Trinajstić information content (AvgIpc) is 1.33. The molecule has 0 unspecified atom stereocenters. The van der Waals surface area contributed by atoms with Gasteiger partial charge in [-0.05, 0) is 0 Å². The molecule has 5 heteroatoms. The molecule has 0 amide bonds. The van der Waals surface area contributed by atoms with E-state index >= 15 is 0 Å². The van der Waals surface area contributed by atoms with Gasteiger partial charge >= 0.3 is 0 Å². The van der Waals surface area contributed by atoms with Crippen molar-refractivity contribution in [3.8, 4) is 0 Å². The first-order chi connectivity index (χ1) is 3.15. The van der Waals surface area contributed by atoms with Crippen LogP contribution in [0.1, 0.15) is 0 Å². The molecule has 1 radical (unpaired) electrons. The van der Waals surface area contributed by atoms with Gasteiger partial charge in [0, 0.05) is 32.3 Å². The summed E-state index contributed by atoms with van der Waals surface area (Å²) in [7, 11) is 0. The summed E-state index contributed by atoms with van der Waals surface area (Å²) >= 11 is 0. The van der Waals surface area contributed by atoms with Gasteiger partial charge in [0.2, 0.25) is 0 Å². The fourth-order valence-corrected chi connectivity index (χ4v) is 0. The van der Waals surface area contributed by atoms with E-state index in [1.807, 2.05) is 0 Å². The van der Waals surface area contributed by atoms with Gasteiger partial charge in [0.1, 0.15) is 0 Å². The Morgan fingerprint density at radius 2 is 1.62 bits per heavy atom. The van der Waals surface area contributed by atoms with E-state index in [0.29, 0.717) is 6.47 Å². The minimum absolute atomic E-state index is 0. The zero-order valence-electron chi connectivity index (χ0n) is 4.00. The molecule has 0 aliphatic carbocycles. The number of aliphatic carboxylic acids is 1. The Bertz CT molecular complexity index is 58.3. The fraction of sp³-hybridized carbons (Fsp3) is 0. The largest absolute Gasteiger partial charge is 0.665 e. The summed E-state index contributed by atoms with van der Waals surface area (Å²) in [6, 6.07) is 0. The molecule has 0 saturated carbocycles. The van der Waals surface area contributed by atoms with Gasteiger partial charge in [-0.25, -0.2) is 0 Å². The molecule has 8 heavy (non-hydrogen) atoms. The van der Waals surface area contributed by atoms with Gasteiger partial charge in [0.05, 0.1) is 0 Å². The van der Waals surface area contributed by atoms with Crippen LogP contribution >= 0.6 is 0 Å². The molecule has 0 atom stereocenters. The zero-order valence-corrected chi connectivity index (χ0v) is 8.80. The first kappa shape index (κ1) is 15.7. The maximum absolute atomic E-state index is 8.89. The Kier molecular flexibility index (Phi) is 30.9. The normalized spacial score (nSPS) is 4.50. The molecule has 0 aliphatic rings. The number of hydrogen-bond acceptors (Lipinski definition) is 2. The van der Waals surface area contributed by atoms with Crippen LogP contribution in [0.2, 0.25) is 0 Å². The zero-order chi connectivity index (χ0) is 6.28. The van der Waals surface area contributed by atoms with E-state index in [9.17, 15) is 0 Å². The summed E-state index contributed by atoms with van der Waals surface area (Å²) in [6.07, 6.45) is 0. The number of hydrogen-bond donors (Lipinski definition) is 2. The summed E-state index contributed by atoms with van der Waals surface area (Å²) in [5, 5.41) is 14.1. The number of rotatable bonds is 0. The summed E-state index contributed by atoms with van der Waals surface area (Å²) in [6.45, 7) is 3.06. The number of carboxylic acids is 1. The van der Waals surface area contributed by atoms with Gasteiger partial charge < -0.3 is 15.0 Å². The monoisotopic (exact) mass is 335 g/mol. The Morgan fingerprint density at radius 1 is 1.62 bits per heavy atom. The summed E-state index contributed by atoms with van der Waals surface area (Å²) < 4.78 is 0. The van der Waals surface area contributed by atoms with Crippen LogP contribution < -0.4 is 0 Å². The van der Waals surface area contributed by atoms with E-state index in [1.165, 1.54) is 0 Å². The van der Waals surface area contributed by atoms with Crippen molar-refractivity contribution in [1.82, 2.24) is 0 Å². The average molecular weight is 335 g/mol. The molecular formula is C3H4O4Pa-2. The van der Waals surface area contributed by atoms with Crippen LogP contribution in [0.5, 0.6) is 0 Å². The quantitative estimate of drug-likeness (QED) is 0.587. The van der Waals surface area contributed by atoms with Crippen LogP contribution in [0.3, 0.4) is 0 Å². The van der Waals surface area contributed by atoms with Gasteiger partial charge in [-0.3, -0.25) is 11.7 Å². The predicted octanol–water partition coefficient (Wildman–Crippen LogP) is -0.483. The molecule has 0 bridgehead atoms. The summed E-state index contributed by atoms with van der Waals surface area (Å²) in [4.78, 5) is 17.1. The van der Waals surface area contributed by atoms with Gasteiger partial charge in [-0.15, -0.1) is 0 Å². The number of carbonyl (C=O) groups is 1. The van der Waals surface area contributed by atoms with Crippen molar-refractivity contribution in [2.24, 2.45) is 0 Å². The van der Waals surface area contributed by atoms with E-state index in [1.54, 1.807) is 0 Å². The second-order valence-electron chi connectivity index (χ2n) is 0.485. The summed E-state index contributed by atoms with van der Waals surface area (Å²) in [5.41, 5.74) is 0. The van der Waals surface area contributed by atoms with Crippen molar-refractivity contribution >= 4 is 12.4 Å². The van der Waals surface area contributed by atoms with Gasteiger partial charge in [-0.1, -0.05) is 6.47 Å². The Morgan fingerprint density at radius 3 is 1.62 bits per heavy atom. The third-order valence-corrected chi connectivity index (χ3v) is 0. The molecule has 45 valence electrons. The molecule has 0 heterocycles. The molecular weight excluding hydrogens is 331 g/mol. The minimum atomic E-state index is -1.08. The van der Waals surface area contributed by atoms with E-state index in [-0.39, 0.29) is 32.3 Å². The Balaban J connectivity index is -0.0000000575. The minimum Gasteiger partial charge on any atom is -0.665 e. The van der Waals surface area contributed by atoms with Gasteiger partial charge in [0.15, 0.2) is 5.97 Å². The fourth-order valence-electron chi connectivity index (χ4n) is 0. The first-order valence-corrected chi connectivity index (χ1v) is 1.21. The van der Waals surface area contributed by atoms with E-state index in [4.69, 9.17) is 19.8 Å². The SMILES string of the molecule is O=[C-]O.[CH2-]C(=O)O.[Pa]. The van der Waals surface area contributed by atoms with E-state index in [0.717, 1.165) is 0 Å². The predicted molar refractivity (Wildman–Crippen MR) is 21.3 cm³/mol. The van der Waals surface area contributed by atoms with Crippen LogP contribution in [-0.2, 0) is 9.59 Å². The smallest absolute Gasteiger partial charge is 0.161 e. The molecule has 0 aromatic heterocycles. The van der Waals surface area contributed by atoms with E-state index < -0.39 is 5.97 Å². The Hall–Kier alpha value is -0.0991. The van der Waals surface area contributed by atoms with Crippen LogP contribution in [0, 0.1) is 39.2 Å². The maximum atomic E-state index is 8.89. The van der Waals surface area contributed by atoms with Crippen molar-refractivity contribution in [2.75, 3.05) is 0 Å². The molecule has 0 saturated heterocycles. The van der Waals surface area contributed by atoms with Crippen molar-refractivity contribution < 1.29 is 52.1 Å². The van der Waals surface area contributed by atoms with Crippen LogP contribution in [0.4, 0.5) is 0 Å². The van der Waals surface area contributed by atoms with Gasteiger partial charge in [-0.2, -0.15) is 0 Å². The number of aliphatic hydroxyl groups excluding tert-OH is 1. The molecule has 0 fully saturated rings. The third-order valence-electron chi connectivity index (χ3n) is 0. The van der Waals surface area contributed by atoms with Crippen LogP contribution in [0.15, 0.2) is 0 Å². The second kappa shape index (κ2) is 15.8. The van der Waals surface area contributed by atoms with Crippen LogP contribution in [-0.4, -0.2) is 22.7 Å². The third kappa shape index (κ3) is 14400. The molecule has 2 N–H and O–H groups in total. The van der Waals surface area contributed by atoms with Crippen molar-refractivity contribution in [1.29, 1.82) is 0 Å². The molecule has 0 spiro atoms. The molecule has 0 aromatic carbocycles. The first-order valence-electron chi connectivity index (χ1n) is 1.21. The Labute approximate surface area is 71.4 Å². The molecule has 0 rings (SSSR count). The van der Waals surface area contributed by atoms with Crippen molar-refractivity contribution in [2.45, 2.75) is 0 Å². The van der Waals surface area contributed by atoms with Crippen LogP contribution in [0.25, 0.3) is 0 Å².